The molecule has 4 nitrogen and oxygen atoms in total. The predicted molar refractivity (Wildman–Crippen MR) is 99.3 cm³/mol. The zero-order valence-corrected chi connectivity index (χ0v) is 14.1. The maximum absolute atomic E-state index is 13.3. The average Bonchev–Trinajstić information content (AvgIpc) is 3.23. The van der Waals surface area contributed by atoms with Crippen molar-refractivity contribution in [3.8, 4) is 0 Å². The van der Waals surface area contributed by atoms with Crippen molar-refractivity contribution in [1.29, 1.82) is 0 Å². The van der Waals surface area contributed by atoms with Gasteiger partial charge in [0.1, 0.15) is 0 Å². The second kappa shape index (κ2) is 5.53. The molecule has 3 aromatic rings. The predicted octanol–water partition coefficient (Wildman–Crippen LogP) is 3.20. The van der Waals surface area contributed by atoms with Crippen LogP contribution in [0.5, 0.6) is 0 Å². The fourth-order valence-electron chi connectivity index (χ4n) is 4.74. The second-order valence-electron chi connectivity index (χ2n) is 7.42. The normalized spacial score (nSPS) is 25.6. The minimum atomic E-state index is 0.0936. The highest BCUT2D eigenvalue weighted by atomic mass is 16.2. The molecule has 126 valence electrons. The van der Waals surface area contributed by atoms with Crippen LogP contribution < -0.4 is 5.73 Å². The second-order valence-corrected chi connectivity index (χ2v) is 7.42. The highest BCUT2D eigenvalue weighted by Gasteiger charge is 2.42. The third-order valence-electron chi connectivity index (χ3n) is 6.04. The molecular weight excluding hydrogens is 310 g/mol. The number of pyridine rings is 1. The van der Waals surface area contributed by atoms with Crippen LogP contribution in [0.3, 0.4) is 0 Å². The molecule has 2 fully saturated rings. The molecule has 3 unspecified atom stereocenters. The van der Waals surface area contributed by atoms with E-state index < -0.39 is 0 Å². The van der Waals surface area contributed by atoms with Crippen LogP contribution in [-0.4, -0.2) is 34.9 Å². The molecule has 2 heterocycles. The summed E-state index contributed by atoms with van der Waals surface area (Å²) in [5.41, 5.74) is 7.75. The van der Waals surface area contributed by atoms with Gasteiger partial charge in [-0.2, -0.15) is 0 Å². The molecule has 1 saturated carbocycles. The van der Waals surface area contributed by atoms with Crippen molar-refractivity contribution in [3.05, 3.63) is 54.2 Å². The Kier molecular flexibility index (Phi) is 3.28. The summed E-state index contributed by atoms with van der Waals surface area (Å²) in [4.78, 5) is 19.8. The number of amides is 1. The lowest BCUT2D eigenvalue weighted by molar-refractivity contribution is 0.0781. The van der Waals surface area contributed by atoms with Gasteiger partial charge in [-0.1, -0.05) is 30.3 Å². The number of nitrogens with two attached hydrogens (primary N) is 1. The number of nitrogens with zero attached hydrogens (tertiary/aromatic N) is 2. The monoisotopic (exact) mass is 331 g/mol. The van der Waals surface area contributed by atoms with Crippen molar-refractivity contribution in [3.63, 3.8) is 0 Å². The Morgan fingerprint density at radius 2 is 1.92 bits per heavy atom. The van der Waals surface area contributed by atoms with Gasteiger partial charge in [0, 0.05) is 30.7 Å². The number of hydrogen-bond donors (Lipinski definition) is 1. The molecule has 0 radical (unpaired) electrons. The molecule has 2 aromatic carbocycles. The first kappa shape index (κ1) is 14.8. The molecule has 2 aliphatic rings. The SMILES string of the molecule is NC1CCC2CN(C(=O)c3cc4ccccc4c4cccnc34)CC12. The van der Waals surface area contributed by atoms with E-state index in [0.29, 0.717) is 17.4 Å². The summed E-state index contributed by atoms with van der Waals surface area (Å²) < 4.78 is 0. The first-order valence-electron chi connectivity index (χ1n) is 9.04. The maximum atomic E-state index is 13.3. The van der Waals surface area contributed by atoms with E-state index in [9.17, 15) is 4.79 Å². The van der Waals surface area contributed by atoms with E-state index in [2.05, 4.69) is 23.2 Å². The Balaban J connectivity index is 1.61. The average molecular weight is 331 g/mol. The summed E-state index contributed by atoms with van der Waals surface area (Å²) in [5, 5.41) is 3.27. The molecule has 2 N–H and O–H groups in total. The zero-order chi connectivity index (χ0) is 17.0. The lowest BCUT2D eigenvalue weighted by Crippen LogP contribution is -2.33. The smallest absolute Gasteiger partial charge is 0.256 e. The fourth-order valence-corrected chi connectivity index (χ4v) is 4.74. The van der Waals surface area contributed by atoms with Gasteiger partial charge in [0.05, 0.1) is 11.1 Å². The minimum Gasteiger partial charge on any atom is -0.338 e. The molecule has 1 aromatic heterocycles. The number of fused-ring (bicyclic) bond motifs is 4. The van der Waals surface area contributed by atoms with Gasteiger partial charge in [-0.3, -0.25) is 9.78 Å². The number of benzene rings is 2. The number of hydrogen-bond acceptors (Lipinski definition) is 3. The van der Waals surface area contributed by atoms with Gasteiger partial charge in [-0.25, -0.2) is 0 Å². The lowest BCUT2D eigenvalue weighted by atomic mass is 9.98. The van der Waals surface area contributed by atoms with Crippen LogP contribution >= 0.6 is 0 Å². The lowest BCUT2D eigenvalue weighted by Gasteiger charge is -2.20. The van der Waals surface area contributed by atoms with Crippen molar-refractivity contribution in [2.75, 3.05) is 13.1 Å². The van der Waals surface area contributed by atoms with Crippen LogP contribution in [0.15, 0.2) is 48.7 Å². The summed E-state index contributed by atoms with van der Waals surface area (Å²) >= 11 is 0. The fraction of sp³-hybridized carbons (Fsp3) is 0.333. The van der Waals surface area contributed by atoms with Crippen LogP contribution in [0, 0.1) is 11.8 Å². The van der Waals surface area contributed by atoms with E-state index in [1.165, 1.54) is 0 Å². The number of carbonyl (C=O) groups is 1. The van der Waals surface area contributed by atoms with Gasteiger partial charge in [-0.05, 0) is 47.6 Å². The topological polar surface area (TPSA) is 59.2 Å². The summed E-state index contributed by atoms with van der Waals surface area (Å²) in [6, 6.07) is 14.4. The molecule has 4 heteroatoms. The molecule has 0 bridgehead atoms. The molecular formula is C21H21N3O. The molecule has 1 saturated heterocycles. The molecule has 0 spiro atoms. The third kappa shape index (κ3) is 2.24. The summed E-state index contributed by atoms with van der Waals surface area (Å²) in [6.07, 6.45) is 4.01. The number of carbonyl (C=O) groups excluding carboxylic acids is 1. The summed E-state index contributed by atoms with van der Waals surface area (Å²) in [5.74, 6) is 1.12. The first-order valence-corrected chi connectivity index (χ1v) is 9.04. The van der Waals surface area contributed by atoms with Crippen LogP contribution in [0.1, 0.15) is 23.2 Å². The van der Waals surface area contributed by atoms with Crippen LogP contribution in [0.2, 0.25) is 0 Å². The summed E-state index contributed by atoms with van der Waals surface area (Å²) in [6.45, 7) is 1.62. The van der Waals surface area contributed by atoms with Gasteiger partial charge in [0.25, 0.3) is 5.91 Å². The standard InChI is InChI=1S/C21H21N3O/c22-19-8-7-14-11-24(12-18(14)19)21(25)17-10-13-4-1-2-5-15(13)16-6-3-9-23-20(16)17/h1-6,9-10,14,18-19H,7-8,11-12,22H2. The van der Waals surface area contributed by atoms with Crippen LogP contribution in [0.25, 0.3) is 21.7 Å². The Hall–Kier alpha value is -2.46. The molecule has 5 rings (SSSR count). The maximum Gasteiger partial charge on any atom is 0.256 e. The first-order chi connectivity index (χ1) is 12.2. The van der Waals surface area contributed by atoms with Crippen molar-refractivity contribution < 1.29 is 4.79 Å². The van der Waals surface area contributed by atoms with E-state index in [1.54, 1.807) is 6.20 Å². The number of aromatic nitrogens is 1. The van der Waals surface area contributed by atoms with Gasteiger partial charge >= 0.3 is 0 Å². The minimum absolute atomic E-state index is 0.0936. The van der Waals surface area contributed by atoms with Gasteiger partial charge in [-0.15, -0.1) is 0 Å². The van der Waals surface area contributed by atoms with E-state index in [-0.39, 0.29) is 11.9 Å². The number of rotatable bonds is 1. The van der Waals surface area contributed by atoms with E-state index >= 15 is 0 Å². The Morgan fingerprint density at radius 3 is 2.80 bits per heavy atom. The van der Waals surface area contributed by atoms with Crippen LogP contribution in [0.4, 0.5) is 0 Å². The quantitative estimate of drug-likeness (QED) is 0.697. The molecule has 25 heavy (non-hydrogen) atoms. The van der Waals surface area contributed by atoms with Gasteiger partial charge in [0.2, 0.25) is 0 Å². The van der Waals surface area contributed by atoms with Gasteiger partial charge in [0.15, 0.2) is 0 Å². The molecule has 1 amide bonds. The van der Waals surface area contributed by atoms with Crippen LogP contribution in [-0.2, 0) is 0 Å². The van der Waals surface area contributed by atoms with Crippen molar-refractivity contribution in [2.24, 2.45) is 17.6 Å². The third-order valence-corrected chi connectivity index (χ3v) is 6.04. The highest BCUT2D eigenvalue weighted by Crippen LogP contribution is 2.38. The van der Waals surface area contributed by atoms with E-state index in [0.717, 1.165) is 47.6 Å². The van der Waals surface area contributed by atoms with Crippen molar-refractivity contribution >= 4 is 27.6 Å². The highest BCUT2D eigenvalue weighted by molar-refractivity contribution is 6.15. The Labute approximate surface area is 146 Å². The Morgan fingerprint density at radius 1 is 1.08 bits per heavy atom. The van der Waals surface area contributed by atoms with Crippen molar-refractivity contribution in [1.82, 2.24) is 9.88 Å². The summed E-state index contributed by atoms with van der Waals surface area (Å²) in [7, 11) is 0. The van der Waals surface area contributed by atoms with E-state index in [4.69, 9.17) is 5.73 Å². The van der Waals surface area contributed by atoms with E-state index in [1.807, 2.05) is 29.2 Å². The van der Waals surface area contributed by atoms with Crippen molar-refractivity contribution in [2.45, 2.75) is 18.9 Å². The Bertz CT molecular complexity index is 983. The van der Waals surface area contributed by atoms with Gasteiger partial charge < -0.3 is 10.6 Å². The zero-order valence-electron chi connectivity index (χ0n) is 14.1. The molecule has 1 aliphatic carbocycles. The molecule has 3 atom stereocenters. The molecule has 1 aliphatic heterocycles. The number of likely N-dealkylation sites (tertiary alicyclic amines) is 1. The largest absolute Gasteiger partial charge is 0.338 e.